The third-order valence-electron chi connectivity index (χ3n) is 3.17. The monoisotopic (exact) mass is 279 g/mol. The van der Waals surface area contributed by atoms with Crippen molar-refractivity contribution in [1.82, 2.24) is 20.4 Å². The molecule has 0 fully saturated rings. The molecule has 0 aliphatic rings. The zero-order valence-electron chi connectivity index (χ0n) is 13.2. The maximum Gasteiger partial charge on any atom is 0.190 e. The SMILES string of the molecule is CCCCCCNC(=NC)NCCCn1cc(C)cn1. The number of hydrogen-bond acceptors (Lipinski definition) is 2. The standard InChI is InChI=1S/C15H29N5/c1-4-5-6-7-9-17-15(16-3)18-10-8-11-20-13-14(2)12-19-20/h12-13H,4-11H2,1-3H3,(H2,16,17,18). The second kappa shape index (κ2) is 10.3. The lowest BCUT2D eigenvalue weighted by Crippen LogP contribution is -2.38. The number of aromatic nitrogens is 2. The fourth-order valence-corrected chi connectivity index (χ4v) is 2.02. The first-order valence-corrected chi connectivity index (χ1v) is 7.70. The molecule has 114 valence electrons. The Hall–Kier alpha value is -1.52. The molecular weight excluding hydrogens is 250 g/mol. The number of aliphatic imine (C=N–C) groups is 1. The van der Waals surface area contributed by atoms with Gasteiger partial charge in [0.1, 0.15) is 0 Å². The van der Waals surface area contributed by atoms with Crippen LogP contribution < -0.4 is 10.6 Å². The van der Waals surface area contributed by atoms with Crippen LogP contribution in [-0.2, 0) is 6.54 Å². The summed E-state index contributed by atoms with van der Waals surface area (Å²) in [5, 5.41) is 11.0. The van der Waals surface area contributed by atoms with Gasteiger partial charge in [0, 0.05) is 32.9 Å². The van der Waals surface area contributed by atoms with Crippen molar-refractivity contribution in [1.29, 1.82) is 0 Å². The summed E-state index contributed by atoms with van der Waals surface area (Å²) in [5.41, 5.74) is 1.21. The molecule has 1 rings (SSSR count). The summed E-state index contributed by atoms with van der Waals surface area (Å²) in [5.74, 6) is 0.901. The Labute approximate surface area is 122 Å². The van der Waals surface area contributed by atoms with Gasteiger partial charge in [0.15, 0.2) is 5.96 Å². The van der Waals surface area contributed by atoms with Crippen LogP contribution in [0.1, 0.15) is 44.6 Å². The molecule has 20 heavy (non-hydrogen) atoms. The van der Waals surface area contributed by atoms with E-state index in [2.05, 4.69) is 40.8 Å². The molecule has 0 aliphatic carbocycles. The van der Waals surface area contributed by atoms with Crippen LogP contribution >= 0.6 is 0 Å². The summed E-state index contributed by atoms with van der Waals surface area (Å²) in [6, 6.07) is 0. The average Bonchev–Trinajstić information content (AvgIpc) is 2.86. The van der Waals surface area contributed by atoms with Gasteiger partial charge in [-0.25, -0.2) is 0 Å². The summed E-state index contributed by atoms with van der Waals surface area (Å²) in [6.07, 6.45) is 10.1. The highest BCUT2D eigenvalue weighted by atomic mass is 15.3. The minimum Gasteiger partial charge on any atom is -0.356 e. The summed E-state index contributed by atoms with van der Waals surface area (Å²) in [7, 11) is 1.82. The zero-order chi connectivity index (χ0) is 14.6. The van der Waals surface area contributed by atoms with E-state index in [1.165, 1.54) is 31.2 Å². The van der Waals surface area contributed by atoms with E-state index in [9.17, 15) is 0 Å². The van der Waals surface area contributed by atoms with Crippen LogP contribution in [0, 0.1) is 6.92 Å². The van der Waals surface area contributed by atoms with Crippen LogP contribution in [0.4, 0.5) is 0 Å². The van der Waals surface area contributed by atoms with E-state index < -0.39 is 0 Å². The van der Waals surface area contributed by atoms with Gasteiger partial charge in [-0.3, -0.25) is 9.67 Å². The molecule has 2 N–H and O–H groups in total. The lowest BCUT2D eigenvalue weighted by Gasteiger charge is -2.11. The molecule has 0 aliphatic heterocycles. The highest BCUT2D eigenvalue weighted by Gasteiger charge is 1.97. The summed E-state index contributed by atoms with van der Waals surface area (Å²) < 4.78 is 1.98. The predicted octanol–water partition coefficient (Wildman–Crippen LogP) is 2.33. The molecule has 5 heteroatoms. The van der Waals surface area contributed by atoms with Gasteiger partial charge in [0.05, 0.1) is 6.20 Å². The quantitative estimate of drug-likeness (QED) is 0.414. The van der Waals surface area contributed by atoms with E-state index in [0.717, 1.165) is 32.0 Å². The number of aryl methyl sites for hydroxylation is 2. The molecule has 0 bridgehead atoms. The number of nitrogens with zero attached hydrogens (tertiary/aromatic N) is 3. The van der Waals surface area contributed by atoms with Gasteiger partial charge < -0.3 is 10.6 Å². The molecule has 0 spiro atoms. The van der Waals surface area contributed by atoms with Crippen molar-refractivity contribution in [2.75, 3.05) is 20.1 Å². The maximum absolute atomic E-state index is 4.27. The van der Waals surface area contributed by atoms with Crippen LogP contribution in [-0.4, -0.2) is 35.9 Å². The predicted molar refractivity (Wildman–Crippen MR) is 85.1 cm³/mol. The van der Waals surface area contributed by atoms with Crippen molar-refractivity contribution in [3.8, 4) is 0 Å². The third kappa shape index (κ3) is 7.16. The number of rotatable bonds is 9. The van der Waals surface area contributed by atoms with Crippen molar-refractivity contribution in [3.63, 3.8) is 0 Å². The second-order valence-corrected chi connectivity index (χ2v) is 5.12. The normalized spacial score (nSPS) is 11.7. The van der Waals surface area contributed by atoms with Crippen LogP contribution in [0.2, 0.25) is 0 Å². The van der Waals surface area contributed by atoms with Crippen molar-refractivity contribution in [2.45, 2.75) is 52.5 Å². The molecule has 0 amide bonds. The van der Waals surface area contributed by atoms with Crippen molar-refractivity contribution < 1.29 is 0 Å². The minimum atomic E-state index is 0.901. The van der Waals surface area contributed by atoms with Gasteiger partial charge in [-0.05, 0) is 25.3 Å². The van der Waals surface area contributed by atoms with E-state index in [1.54, 1.807) is 0 Å². The third-order valence-corrected chi connectivity index (χ3v) is 3.17. The van der Waals surface area contributed by atoms with Crippen molar-refractivity contribution in [3.05, 3.63) is 18.0 Å². The topological polar surface area (TPSA) is 54.2 Å². The molecule has 0 radical (unpaired) electrons. The van der Waals surface area contributed by atoms with Gasteiger partial charge >= 0.3 is 0 Å². The van der Waals surface area contributed by atoms with Gasteiger partial charge in [-0.15, -0.1) is 0 Å². The van der Waals surface area contributed by atoms with Gasteiger partial charge in [0.25, 0.3) is 0 Å². The average molecular weight is 279 g/mol. The van der Waals surface area contributed by atoms with E-state index in [-0.39, 0.29) is 0 Å². The smallest absolute Gasteiger partial charge is 0.190 e. The second-order valence-electron chi connectivity index (χ2n) is 5.12. The molecule has 5 nitrogen and oxygen atoms in total. The Morgan fingerprint density at radius 1 is 1.20 bits per heavy atom. The van der Waals surface area contributed by atoms with E-state index >= 15 is 0 Å². The largest absolute Gasteiger partial charge is 0.356 e. The Balaban J connectivity index is 2.06. The molecule has 0 saturated carbocycles. The highest BCUT2D eigenvalue weighted by Crippen LogP contribution is 1.97. The fraction of sp³-hybridized carbons (Fsp3) is 0.733. The van der Waals surface area contributed by atoms with Gasteiger partial charge in [-0.2, -0.15) is 5.10 Å². The zero-order valence-corrected chi connectivity index (χ0v) is 13.2. The number of hydrogen-bond donors (Lipinski definition) is 2. The first-order valence-electron chi connectivity index (χ1n) is 7.70. The first-order chi connectivity index (χ1) is 9.76. The fourth-order valence-electron chi connectivity index (χ4n) is 2.02. The molecule has 0 unspecified atom stereocenters. The number of guanidine groups is 1. The highest BCUT2D eigenvalue weighted by molar-refractivity contribution is 5.79. The molecule has 0 saturated heterocycles. The van der Waals surface area contributed by atoms with Crippen LogP contribution in [0.3, 0.4) is 0 Å². The van der Waals surface area contributed by atoms with Crippen LogP contribution in [0.25, 0.3) is 0 Å². The lowest BCUT2D eigenvalue weighted by atomic mass is 10.2. The van der Waals surface area contributed by atoms with E-state index in [1.807, 2.05) is 17.9 Å². The molecule has 1 heterocycles. The summed E-state index contributed by atoms with van der Waals surface area (Å²) >= 11 is 0. The Kier molecular flexibility index (Phi) is 8.51. The Morgan fingerprint density at radius 3 is 2.55 bits per heavy atom. The molecule has 1 aromatic rings. The maximum atomic E-state index is 4.27. The van der Waals surface area contributed by atoms with Crippen molar-refractivity contribution >= 4 is 5.96 Å². The molecule has 0 aromatic carbocycles. The Bertz CT molecular complexity index is 383. The number of unbranched alkanes of at least 4 members (excludes halogenated alkanes) is 3. The minimum absolute atomic E-state index is 0.901. The van der Waals surface area contributed by atoms with Crippen LogP contribution in [0.5, 0.6) is 0 Å². The molecular formula is C15H29N5. The summed E-state index contributed by atoms with van der Waals surface area (Å²) in [6.45, 7) is 7.14. The summed E-state index contributed by atoms with van der Waals surface area (Å²) in [4.78, 5) is 4.23. The van der Waals surface area contributed by atoms with E-state index in [4.69, 9.17) is 0 Å². The number of nitrogens with one attached hydrogen (secondary N) is 2. The van der Waals surface area contributed by atoms with E-state index in [0.29, 0.717) is 0 Å². The van der Waals surface area contributed by atoms with Crippen molar-refractivity contribution in [2.24, 2.45) is 4.99 Å². The molecule has 1 aromatic heterocycles. The Morgan fingerprint density at radius 2 is 1.95 bits per heavy atom. The van der Waals surface area contributed by atoms with Gasteiger partial charge in [-0.1, -0.05) is 26.2 Å². The molecule has 0 atom stereocenters. The van der Waals surface area contributed by atoms with Crippen LogP contribution in [0.15, 0.2) is 17.4 Å². The first kappa shape index (κ1) is 16.5. The van der Waals surface area contributed by atoms with Gasteiger partial charge in [0.2, 0.25) is 0 Å². The lowest BCUT2D eigenvalue weighted by molar-refractivity contribution is 0.568.